The Morgan fingerprint density at radius 3 is 0.221 bits per heavy atom. The van der Waals surface area contributed by atoms with Crippen LogP contribution in [0.15, 0.2) is 0 Å². The van der Waals surface area contributed by atoms with Gasteiger partial charge in [-0.3, -0.25) is 0 Å². The van der Waals surface area contributed by atoms with Crippen molar-refractivity contribution in [2.75, 3.05) is 542 Å². The number of hydrogen-bond acceptors (Lipinski definition) is 42. The van der Waals surface area contributed by atoms with E-state index in [1.165, 1.54) is 0 Å². The molecular formula is C103H204O42. The maximum atomic E-state index is 5.73. The largest absolute Gasteiger partial charge is 0.381 e. The van der Waals surface area contributed by atoms with E-state index in [-0.39, 0.29) is 6.10 Å². The first-order chi connectivity index (χ1) is 72.4. The molecule has 145 heavy (non-hydrogen) atoms. The minimum Gasteiger partial charge on any atom is -0.381 e. The molecule has 2 saturated heterocycles. The molecule has 0 bridgehead atoms. The van der Waals surface area contributed by atoms with Gasteiger partial charge in [-0.2, -0.15) is 0 Å². The summed E-state index contributed by atoms with van der Waals surface area (Å²) >= 11 is 0. The van der Waals surface area contributed by atoms with Gasteiger partial charge in [-0.15, -0.1) is 0 Å². The van der Waals surface area contributed by atoms with Gasteiger partial charge in [0.2, 0.25) is 0 Å². The molecule has 2 heterocycles. The molecule has 42 heteroatoms. The average molecular weight is 2110 g/mol. The molecule has 0 aromatic rings. The normalized spacial score (nSPS) is 13.7. The zero-order valence-corrected chi connectivity index (χ0v) is 89.7. The fourth-order valence-corrected chi connectivity index (χ4v) is 12.0. The first kappa shape index (κ1) is 139. The Hall–Kier alpha value is -1.68. The molecule has 0 amide bonds. The smallest absolute Gasteiger partial charge is 0.104 e. The summed E-state index contributed by atoms with van der Waals surface area (Å²) in [4.78, 5) is 0. The molecule has 0 spiro atoms. The SMILES string of the molecule is C(COCCCOCCCOCCCOCCCOCCCOCCCOCCCOCCCOCCCOCCOCCOCCOCCOCCOCCOCCOCCOCCOCCOCCOCCOCCOCCOCCOCCOCCOCCOCCOCCOCC1CO1)COCCCOCCCOCCCOCCCOCCCOCCCOCCCOCCCOCCCOCC1CO1. The summed E-state index contributed by atoms with van der Waals surface area (Å²) < 4.78 is 235. The second-order valence-corrected chi connectivity index (χ2v) is 33.0. The van der Waals surface area contributed by atoms with E-state index in [1.807, 2.05) is 0 Å². The highest BCUT2D eigenvalue weighted by Gasteiger charge is 2.23. The molecule has 0 N–H and O–H groups in total. The molecule has 0 aromatic heterocycles. The molecule has 868 valence electrons. The van der Waals surface area contributed by atoms with Crippen molar-refractivity contribution in [3.05, 3.63) is 0 Å². The van der Waals surface area contributed by atoms with Crippen LogP contribution in [0.2, 0.25) is 0 Å². The van der Waals surface area contributed by atoms with Crippen molar-refractivity contribution in [2.45, 2.75) is 134 Å². The van der Waals surface area contributed by atoms with E-state index < -0.39 is 0 Å². The second-order valence-electron chi connectivity index (χ2n) is 33.0. The van der Waals surface area contributed by atoms with Crippen LogP contribution in [0.25, 0.3) is 0 Å². The Labute approximate surface area is 871 Å². The van der Waals surface area contributed by atoms with Crippen molar-refractivity contribution >= 4 is 0 Å². The van der Waals surface area contributed by atoms with Gasteiger partial charge >= 0.3 is 0 Å². The Balaban J connectivity index is 1.06. The van der Waals surface area contributed by atoms with Crippen molar-refractivity contribution in [3.8, 4) is 0 Å². The van der Waals surface area contributed by atoms with Crippen LogP contribution in [-0.4, -0.2) is 554 Å². The third kappa shape index (κ3) is 131. The van der Waals surface area contributed by atoms with E-state index in [9.17, 15) is 0 Å². The van der Waals surface area contributed by atoms with Crippen molar-refractivity contribution in [3.63, 3.8) is 0 Å². The predicted molar refractivity (Wildman–Crippen MR) is 540 cm³/mol. The van der Waals surface area contributed by atoms with Gasteiger partial charge in [-0.1, -0.05) is 0 Å². The number of rotatable bonds is 140. The van der Waals surface area contributed by atoms with E-state index >= 15 is 0 Å². The third-order valence-corrected chi connectivity index (χ3v) is 19.8. The van der Waals surface area contributed by atoms with Gasteiger partial charge in [0.15, 0.2) is 0 Å². The highest BCUT2D eigenvalue weighted by Crippen LogP contribution is 2.10. The summed E-state index contributed by atoms with van der Waals surface area (Å²) in [6, 6.07) is 0. The second kappa shape index (κ2) is 131. The van der Waals surface area contributed by atoms with Crippen LogP contribution < -0.4 is 0 Å². The minimum absolute atomic E-state index is 0.284. The molecule has 42 nitrogen and oxygen atoms in total. The lowest BCUT2D eigenvalue weighted by Crippen LogP contribution is -2.16. The maximum Gasteiger partial charge on any atom is 0.104 e. The molecule has 2 aliphatic rings. The zero-order valence-electron chi connectivity index (χ0n) is 89.7. The first-order valence-corrected chi connectivity index (χ1v) is 54.8. The van der Waals surface area contributed by atoms with Gasteiger partial charge in [-0.25, -0.2) is 0 Å². The molecule has 0 radical (unpaired) electrons. The highest BCUT2D eigenvalue weighted by atomic mass is 16.6. The first-order valence-electron chi connectivity index (χ1n) is 54.8. The summed E-state index contributed by atoms with van der Waals surface area (Å²) in [5.41, 5.74) is 0. The molecule has 0 saturated carbocycles. The Morgan fingerprint density at radius 1 is 0.0828 bits per heavy atom. The maximum absolute atomic E-state index is 5.73. The molecule has 2 fully saturated rings. The fourth-order valence-electron chi connectivity index (χ4n) is 12.0. The van der Waals surface area contributed by atoms with Crippen LogP contribution in [0, 0.1) is 0 Å². The van der Waals surface area contributed by atoms with Crippen molar-refractivity contribution < 1.29 is 199 Å². The molecule has 2 unspecified atom stereocenters. The van der Waals surface area contributed by atoms with E-state index in [4.69, 9.17) is 199 Å². The van der Waals surface area contributed by atoms with Crippen LogP contribution in [-0.2, 0) is 199 Å². The van der Waals surface area contributed by atoms with Gasteiger partial charge < -0.3 is 199 Å². The summed E-state index contributed by atoms with van der Waals surface area (Å²) in [7, 11) is 0. The molecular weight excluding hydrogens is 1910 g/mol. The van der Waals surface area contributed by atoms with Crippen LogP contribution in [0.5, 0.6) is 0 Å². The average Bonchev–Trinajstić information content (AvgIpc) is 1.81. The zero-order chi connectivity index (χ0) is 102. The van der Waals surface area contributed by atoms with E-state index in [0.717, 1.165) is 155 Å². The third-order valence-electron chi connectivity index (χ3n) is 19.8. The molecule has 2 rings (SSSR count). The number of hydrogen-bond donors (Lipinski definition) is 0. The predicted octanol–water partition coefficient (Wildman–Crippen LogP) is 7.86. The Bertz CT molecular complexity index is 1940. The fraction of sp³-hybridized carbons (Fsp3) is 1.00. The van der Waals surface area contributed by atoms with Crippen molar-refractivity contribution in [2.24, 2.45) is 0 Å². The summed E-state index contributed by atoms with van der Waals surface area (Å²) in [6.07, 6.45) is 17.3. The van der Waals surface area contributed by atoms with Gasteiger partial charge in [0, 0.05) is 251 Å². The van der Waals surface area contributed by atoms with Crippen molar-refractivity contribution in [1.82, 2.24) is 0 Å². The van der Waals surface area contributed by atoms with E-state index in [2.05, 4.69) is 0 Å². The van der Waals surface area contributed by atoms with Crippen LogP contribution >= 0.6 is 0 Å². The highest BCUT2D eigenvalue weighted by molar-refractivity contribution is 4.68. The summed E-state index contributed by atoms with van der Waals surface area (Å²) in [5.74, 6) is 0. The van der Waals surface area contributed by atoms with Gasteiger partial charge in [-0.05, 0) is 122 Å². The standard InChI is InChI=1S/C103H204O42/c1(21-105-23-3-25-107-27-5-29-109-31-7-33-111-35-9-37-113-39-11-41-115-43-13-45-117-47-15-49-119-51-17-53-121-55-19-57-142-98-102-100-144-102)20-104-22-2-24-106-26-4-28-108-30-6-32-110-34-8-36-112-38-10-40-114-42-12-44-116-46-14-48-118-50-16-52-120-54-18-56-122-58-59-123-60-61-124-62-63-125-64-65-126-66-67-127-68-69-128-70-71-129-72-73-130-74-75-131-76-77-132-78-79-133-80-81-134-82-83-135-84-85-136-86-87-137-88-89-138-90-91-139-92-93-140-94-95-141-96-97-143-99-103-101-145-103/h102-103H,1-101H2. The van der Waals surface area contributed by atoms with Crippen LogP contribution in [0.4, 0.5) is 0 Å². The molecule has 2 atom stereocenters. The Morgan fingerprint density at radius 2 is 0.138 bits per heavy atom. The van der Waals surface area contributed by atoms with E-state index in [1.54, 1.807) is 0 Å². The molecule has 0 aromatic carbocycles. The molecule has 2 aliphatic heterocycles. The topological polar surface area (TPSA) is 394 Å². The van der Waals surface area contributed by atoms with Gasteiger partial charge in [0.05, 0.1) is 291 Å². The minimum atomic E-state index is 0.284. The quantitative estimate of drug-likeness (QED) is 0.0413. The van der Waals surface area contributed by atoms with Crippen LogP contribution in [0.1, 0.15) is 122 Å². The Kier molecular flexibility index (Phi) is 126. The number of ether oxygens (including phenoxy) is 42. The lowest BCUT2D eigenvalue weighted by Gasteiger charge is -2.09. The monoisotopic (exact) mass is 2110 g/mol. The van der Waals surface area contributed by atoms with E-state index in [0.29, 0.717) is 515 Å². The van der Waals surface area contributed by atoms with Crippen molar-refractivity contribution in [1.29, 1.82) is 0 Å². The molecule has 0 aliphatic carbocycles. The lowest BCUT2D eigenvalue weighted by atomic mass is 10.4. The summed E-state index contributed by atoms with van der Waals surface area (Å²) in [6.45, 7) is 49.1. The van der Waals surface area contributed by atoms with Crippen LogP contribution in [0.3, 0.4) is 0 Å². The van der Waals surface area contributed by atoms with Gasteiger partial charge in [0.1, 0.15) is 12.2 Å². The lowest BCUT2D eigenvalue weighted by molar-refractivity contribution is -0.0316. The number of epoxide rings is 2. The van der Waals surface area contributed by atoms with Gasteiger partial charge in [0.25, 0.3) is 0 Å². The summed E-state index contributed by atoms with van der Waals surface area (Å²) in [5, 5.41) is 0.